The zero-order valence-electron chi connectivity index (χ0n) is 14.5. The highest BCUT2D eigenvalue weighted by Gasteiger charge is 2.40. The van der Waals surface area contributed by atoms with E-state index in [4.69, 9.17) is 14.2 Å². The van der Waals surface area contributed by atoms with Crippen LogP contribution in [-0.4, -0.2) is 52.7 Å². The van der Waals surface area contributed by atoms with Gasteiger partial charge in [-0.05, 0) is 12.1 Å². The first kappa shape index (κ1) is 15.8. The van der Waals surface area contributed by atoms with E-state index in [9.17, 15) is 4.79 Å². The number of hydrogen-bond donors (Lipinski definition) is 0. The fraction of sp³-hybridized carbons (Fsp3) is 0.474. The molecule has 5 rings (SSSR count). The summed E-state index contributed by atoms with van der Waals surface area (Å²) in [7, 11) is 0. The van der Waals surface area contributed by atoms with E-state index < -0.39 is 5.79 Å². The number of hydrogen-bond acceptors (Lipinski definition) is 5. The lowest BCUT2D eigenvalue weighted by atomic mass is 10.0. The quantitative estimate of drug-likeness (QED) is 0.822. The molecular weight excluding hydrogens is 334 g/mol. The van der Waals surface area contributed by atoms with Crippen molar-refractivity contribution < 1.29 is 19.0 Å². The SMILES string of the molecule is O=C(Cn1ncc2c1-c1ccccc1OC2)N1CCC2(CC1)OCCO2. The number of amides is 1. The Kier molecular flexibility index (Phi) is 3.72. The molecule has 2 saturated heterocycles. The van der Waals surface area contributed by atoms with Gasteiger partial charge in [0.15, 0.2) is 5.79 Å². The summed E-state index contributed by atoms with van der Waals surface area (Å²) < 4.78 is 19.0. The van der Waals surface area contributed by atoms with Crippen molar-refractivity contribution in [1.82, 2.24) is 14.7 Å². The number of likely N-dealkylation sites (tertiary alicyclic amines) is 1. The third kappa shape index (κ3) is 2.59. The van der Waals surface area contributed by atoms with Gasteiger partial charge in [-0.1, -0.05) is 12.1 Å². The maximum atomic E-state index is 12.8. The van der Waals surface area contributed by atoms with Crippen molar-refractivity contribution >= 4 is 5.91 Å². The molecule has 26 heavy (non-hydrogen) atoms. The van der Waals surface area contributed by atoms with E-state index in [1.54, 1.807) is 10.9 Å². The minimum absolute atomic E-state index is 0.0766. The maximum absolute atomic E-state index is 12.8. The molecule has 0 atom stereocenters. The summed E-state index contributed by atoms with van der Waals surface area (Å²) in [6.07, 6.45) is 3.25. The minimum atomic E-state index is -0.460. The molecule has 0 saturated carbocycles. The molecule has 0 radical (unpaired) electrons. The number of rotatable bonds is 2. The van der Waals surface area contributed by atoms with Gasteiger partial charge in [0.2, 0.25) is 5.91 Å². The Bertz CT molecular complexity index is 831. The summed E-state index contributed by atoms with van der Waals surface area (Å²) in [5.74, 6) is 0.454. The molecular formula is C19H21N3O4. The van der Waals surface area contributed by atoms with Crippen LogP contribution in [0.3, 0.4) is 0 Å². The molecule has 7 heteroatoms. The summed E-state index contributed by atoms with van der Waals surface area (Å²) in [5.41, 5.74) is 2.99. The number of piperidine rings is 1. The first-order valence-electron chi connectivity index (χ1n) is 9.07. The van der Waals surface area contributed by atoms with E-state index in [-0.39, 0.29) is 12.5 Å². The van der Waals surface area contributed by atoms with Crippen LogP contribution < -0.4 is 4.74 Å². The van der Waals surface area contributed by atoms with Crippen LogP contribution in [0, 0.1) is 0 Å². The molecule has 1 amide bonds. The van der Waals surface area contributed by atoms with Gasteiger partial charge in [-0.25, -0.2) is 0 Å². The van der Waals surface area contributed by atoms with Gasteiger partial charge in [-0.2, -0.15) is 5.10 Å². The van der Waals surface area contributed by atoms with E-state index in [2.05, 4.69) is 5.10 Å². The molecule has 3 aliphatic rings. The van der Waals surface area contributed by atoms with Crippen LogP contribution in [0.15, 0.2) is 30.5 Å². The largest absolute Gasteiger partial charge is 0.488 e. The van der Waals surface area contributed by atoms with Crippen LogP contribution in [0.5, 0.6) is 5.75 Å². The second kappa shape index (κ2) is 6.10. The van der Waals surface area contributed by atoms with Gasteiger partial charge < -0.3 is 19.1 Å². The lowest BCUT2D eigenvalue weighted by Crippen LogP contribution is -2.48. The van der Waals surface area contributed by atoms with E-state index in [1.165, 1.54) is 0 Å². The normalized spacial score (nSPS) is 20.5. The van der Waals surface area contributed by atoms with Gasteiger partial charge in [0.05, 0.1) is 25.1 Å². The topological polar surface area (TPSA) is 65.8 Å². The molecule has 0 bridgehead atoms. The monoisotopic (exact) mass is 355 g/mol. The zero-order chi connectivity index (χ0) is 17.6. The number of aromatic nitrogens is 2. The molecule has 2 aromatic rings. The third-order valence-corrected chi connectivity index (χ3v) is 5.42. The smallest absolute Gasteiger partial charge is 0.244 e. The van der Waals surface area contributed by atoms with Crippen molar-refractivity contribution in [3.05, 3.63) is 36.0 Å². The highest BCUT2D eigenvalue weighted by atomic mass is 16.7. The highest BCUT2D eigenvalue weighted by molar-refractivity contribution is 5.78. The average Bonchev–Trinajstić information content (AvgIpc) is 3.30. The molecule has 2 fully saturated rings. The Labute approximate surface area is 151 Å². The van der Waals surface area contributed by atoms with Gasteiger partial charge in [0.25, 0.3) is 0 Å². The highest BCUT2D eigenvalue weighted by Crippen LogP contribution is 2.37. The Morgan fingerprint density at radius 1 is 1.15 bits per heavy atom. The number of ether oxygens (including phenoxy) is 3. The number of fused-ring (bicyclic) bond motifs is 3. The van der Waals surface area contributed by atoms with Crippen molar-refractivity contribution in [1.29, 1.82) is 0 Å². The first-order valence-corrected chi connectivity index (χ1v) is 9.07. The molecule has 3 aliphatic heterocycles. The van der Waals surface area contributed by atoms with Crippen molar-refractivity contribution in [3.8, 4) is 17.0 Å². The summed E-state index contributed by atoms with van der Waals surface area (Å²) >= 11 is 0. The zero-order valence-corrected chi connectivity index (χ0v) is 14.5. The van der Waals surface area contributed by atoms with Crippen molar-refractivity contribution in [2.24, 2.45) is 0 Å². The van der Waals surface area contributed by atoms with Crippen molar-refractivity contribution in [2.75, 3.05) is 26.3 Å². The minimum Gasteiger partial charge on any atom is -0.488 e. The van der Waals surface area contributed by atoms with E-state index >= 15 is 0 Å². The molecule has 1 aromatic carbocycles. The second-order valence-electron chi connectivity index (χ2n) is 6.95. The molecule has 7 nitrogen and oxygen atoms in total. The molecule has 4 heterocycles. The van der Waals surface area contributed by atoms with Crippen molar-refractivity contribution in [3.63, 3.8) is 0 Å². The predicted octanol–water partition coefficient (Wildman–Crippen LogP) is 1.81. The van der Waals surface area contributed by atoms with Crippen LogP contribution in [0.1, 0.15) is 18.4 Å². The lowest BCUT2D eigenvalue weighted by molar-refractivity contribution is -0.187. The van der Waals surface area contributed by atoms with Crippen LogP contribution in [-0.2, 0) is 27.4 Å². The van der Waals surface area contributed by atoms with E-state index in [1.807, 2.05) is 29.2 Å². The van der Waals surface area contributed by atoms with Crippen LogP contribution in [0.2, 0.25) is 0 Å². The molecule has 136 valence electrons. The van der Waals surface area contributed by atoms with Crippen LogP contribution in [0.25, 0.3) is 11.3 Å². The van der Waals surface area contributed by atoms with E-state index in [0.717, 1.165) is 35.4 Å². The number of carbonyl (C=O) groups is 1. The Hall–Kier alpha value is -2.38. The van der Waals surface area contributed by atoms with Gasteiger partial charge in [-0.3, -0.25) is 9.48 Å². The second-order valence-corrected chi connectivity index (χ2v) is 6.95. The molecule has 0 aliphatic carbocycles. The maximum Gasteiger partial charge on any atom is 0.244 e. The molecule has 1 spiro atoms. The summed E-state index contributed by atoms with van der Waals surface area (Å²) in [5, 5.41) is 4.44. The number of para-hydroxylation sites is 1. The lowest BCUT2D eigenvalue weighted by Gasteiger charge is -2.37. The molecule has 0 N–H and O–H groups in total. The Morgan fingerprint density at radius 3 is 2.73 bits per heavy atom. The summed E-state index contributed by atoms with van der Waals surface area (Å²) in [6.45, 7) is 3.33. The number of carbonyl (C=O) groups excluding carboxylic acids is 1. The van der Waals surface area contributed by atoms with Gasteiger partial charge in [0, 0.05) is 37.1 Å². The third-order valence-electron chi connectivity index (χ3n) is 5.42. The summed E-state index contributed by atoms with van der Waals surface area (Å²) in [4.78, 5) is 14.7. The predicted molar refractivity (Wildman–Crippen MR) is 92.4 cm³/mol. The summed E-state index contributed by atoms with van der Waals surface area (Å²) in [6, 6.07) is 7.88. The van der Waals surface area contributed by atoms with Crippen LogP contribution >= 0.6 is 0 Å². The van der Waals surface area contributed by atoms with Gasteiger partial charge >= 0.3 is 0 Å². The standard InChI is InChI=1S/C19H21N3O4/c23-17(21-7-5-19(6-8-21)25-9-10-26-19)12-22-18-14(11-20-22)13-24-16-4-2-1-3-15(16)18/h1-4,11H,5-10,12-13H2. The Balaban J connectivity index is 1.32. The van der Waals surface area contributed by atoms with E-state index in [0.29, 0.717) is 32.9 Å². The van der Waals surface area contributed by atoms with Gasteiger partial charge in [-0.15, -0.1) is 0 Å². The number of nitrogens with zero attached hydrogens (tertiary/aromatic N) is 3. The fourth-order valence-electron chi connectivity index (χ4n) is 4.02. The molecule has 0 unspecified atom stereocenters. The average molecular weight is 355 g/mol. The Morgan fingerprint density at radius 2 is 1.92 bits per heavy atom. The van der Waals surface area contributed by atoms with Gasteiger partial charge in [0.1, 0.15) is 18.9 Å². The molecule has 1 aromatic heterocycles. The first-order chi connectivity index (χ1) is 12.7. The fourth-order valence-corrected chi connectivity index (χ4v) is 4.02. The van der Waals surface area contributed by atoms with Crippen molar-refractivity contribution in [2.45, 2.75) is 31.8 Å². The van der Waals surface area contributed by atoms with Crippen LogP contribution in [0.4, 0.5) is 0 Å². The number of benzene rings is 1.